The number of hydrogen-bond acceptors (Lipinski definition) is 5. The monoisotopic (exact) mass is 449 g/mol. The largest absolute Gasteiger partial charge is 0.494 e. The highest BCUT2D eigenvalue weighted by Gasteiger charge is 2.12. The fourth-order valence-electron chi connectivity index (χ4n) is 3.03. The molecule has 3 aromatic rings. The molecule has 1 N–H and O–H groups in total. The number of benzene rings is 3. The first kappa shape index (κ1) is 23.4. The predicted molar refractivity (Wildman–Crippen MR) is 129 cm³/mol. The highest BCUT2D eigenvalue weighted by Crippen LogP contribution is 2.29. The molecule has 0 aliphatic carbocycles. The van der Waals surface area contributed by atoms with Crippen LogP contribution in [0.4, 0.5) is 5.69 Å². The van der Waals surface area contributed by atoms with Gasteiger partial charge in [-0.25, -0.2) is 4.79 Å². The lowest BCUT2D eigenvalue weighted by molar-refractivity contribution is 0.0526. The van der Waals surface area contributed by atoms with E-state index >= 15 is 0 Å². The Morgan fingerprint density at radius 3 is 2.22 bits per heavy atom. The molecule has 0 atom stereocenters. The molecule has 1 amide bonds. The van der Waals surface area contributed by atoms with Gasteiger partial charge in [-0.15, -0.1) is 11.8 Å². The smallest absolute Gasteiger partial charge is 0.338 e. The van der Waals surface area contributed by atoms with Crippen LogP contribution >= 0.6 is 11.8 Å². The van der Waals surface area contributed by atoms with Crippen LogP contribution in [-0.2, 0) is 10.5 Å². The minimum absolute atomic E-state index is 0.224. The van der Waals surface area contributed by atoms with Crippen molar-refractivity contribution in [1.29, 1.82) is 0 Å². The van der Waals surface area contributed by atoms with Crippen molar-refractivity contribution in [2.75, 3.05) is 18.5 Å². The third-order valence-electron chi connectivity index (χ3n) is 4.69. The molecule has 0 spiro atoms. The van der Waals surface area contributed by atoms with E-state index in [9.17, 15) is 9.59 Å². The van der Waals surface area contributed by atoms with Gasteiger partial charge in [0.1, 0.15) is 5.75 Å². The Bertz CT molecular complexity index is 1060. The van der Waals surface area contributed by atoms with Crippen LogP contribution in [0.5, 0.6) is 5.75 Å². The molecular formula is C26H27NO4S. The van der Waals surface area contributed by atoms with Gasteiger partial charge in [0.2, 0.25) is 0 Å². The molecule has 0 heterocycles. The number of amides is 1. The Labute approximate surface area is 193 Å². The maximum atomic E-state index is 12.8. The van der Waals surface area contributed by atoms with Gasteiger partial charge >= 0.3 is 5.97 Å². The number of thioether (sulfide) groups is 1. The fraction of sp³-hybridized carbons (Fsp3) is 0.231. The van der Waals surface area contributed by atoms with Crippen molar-refractivity contribution in [3.05, 3.63) is 89.0 Å². The lowest BCUT2D eigenvalue weighted by atomic mass is 10.1. The van der Waals surface area contributed by atoms with Crippen molar-refractivity contribution in [2.24, 2.45) is 0 Å². The molecule has 0 radical (unpaired) electrons. The molecule has 0 fully saturated rings. The van der Waals surface area contributed by atoms with Crippen LogP contribution in [0.2, 0.25) is 0 Å². The summed E-state index contributed by atoms with van der Waals surface area (Å²) in [6.45, 7) is 6.64. The Morgan fingerprint density at radius 2 is 1.56 bits per heavy atom. The molecule has 5 nitrogen and oxygen atoms in total. The minimum Gasteiger partial charge on any atom is -0.494 e. The number of ether oxygens (including phenoxy) is 2. The molecule has 0 aliphatic heterocycles. The van der Waals surface area contributed by atoms with Crippen LogP contribution < -0.4 is 10.1 Å². The molecule has 0 unspecified atom stereocenters. The molecule has 6 heteroatoms. The first-order valence-electron chi connectivity index (χ1n) is 10.5. The third kappa shape index (κ3) is 6.37. The van der Waals surface area contributed by atoms with Gasteiger partial charge in [-0.1, -0.05) is 17.7 Å². The zero-order valence-electron chi connectivity index (χ0n) is 18.5. The van der Waals surface area contributed by atoms with E-state index < -0.39 is 0 Å². The quantitative estimate of drug-likeness (QED) is 0.315. The first-order valence-corrected chi connectivity index (χ1v) is 11.5. The molecule has 0 bridgehead atoms. The Balaban J connectivity index is 1.72. The maximum absolute atomic E-state index is 12.8. The number of esters is 1. The summed E-state index contributed by atoms with van der Waals surface area (Å²) in [5, 5.41) is 2.88. The molecule has 0 aromatic heterocycles. The van der Waals surface area contributed by atoms with Crippen molar-refractivity contribution in [3.63, 3.8) is 0 Å². The second-order valence-corrected chi connectivity index (χ2v) is 8.16. The number of nitrogens with one attached hydrogen (secondary N) is 1. The van der Waals surface area contributed by atoms with Crippen LogP contribution in [0, 0.1) is 6.92 Å². The van der Waals surface area contributed by atoms with E-state index in [1.807, 2.05) is 19.1 Å². The Hall–Kier alpha value is -3.25. The summed E-state index contributed by atoms with van der Waals surface area (Å²) in [6.07, 6.45) is 0. The zero-order chi connectivity index (χ0) is 22.9. The van der Waals surface area contributed by atoms with Gasteiger partial charge in [0, 0.05) is 27.5 Å². The number of aryl methyl sites for hydroxylation is 1. The van der Waals surface area contributed by atoms with E-state index in [1.165, 1.54) is 5.56 Å². The average molecular weight is 450 g/mol. The van der Waals surface area contributed by atoms with E-state index in [-0.39, 0.29) is 11.9 Å². The van der Waals surface area contributed by atoms with Crippen LogP contribution in [0.15, 0.2) is 71.6 Å². The topological polar surface area (TPSA) is 64.6 Å². The molecule has 0 aliphatic rings. The lowest BCUT2D eigenvalue weighted by Crippen LogP contribution is -2.13. The van der Waals surface area contributed by atoms with Crippen LogP contribution in [-0.4, -0.2) is 25.1 Å². The molecule has 3 rings (SSSR count). The van der Waals surface area contributed by atoms with Crippen LogP contribution in [0.25, 0.3) is 0 Å². The van der Waals surface area contributed by atoms with Gasteiger partial charge in [-0.3, -0.25) is 4.79 Å². The van der Waals surface area contributed by atoms with E-state index in [2.05, 4.69) is 36.5 Å². The number of hydrogen-bond donors (Lipinski definition) is 1. The summed E-state index contributed by atoms with van der Waals surface area (Å²) in [6, 6.07) is 20.5. The lowest BCUT2D eigenvalue weighted by Gasteiger charge is -2.13. The highest BCUT2D eigenvalue weighted by atomic mass is 32.2. The SMILES string of the molecule is CCOC(=O)c1ccc(NC(=O)c2ccc(OCC)c(CSc3ccc(C)cc3)c2)cc1. The van der Waals surface area contributed by atoms with Crippen molar-refractivity contribution >= 4 is 29.3 Å². The summed E-state index contributed by atoms with van der Waals surface area (Å²) in [4.78, 5) is 25.8. The third-order valence-corrected chi connectivity index (χ3v) is 5.75. The normalized spacial score (nSPS) is 10.5. The summed E-state index contributed by atoms with van der Waals surface area (Å²) in [5.41, 5.74) is 3.78. The first-order chi connectivity index (χ1) is 15.5. The minimum atomic E-state index is -0.382. The predicted octanol–water partition coefficient (Wildman–Crippen LogP) is 6.12. The van der Waals surface area contributed by atoms with Crippen molar-refractivity contribution in [2.45, 2.75) is 31.4 Å². The van der Waals surface area contributed by atoms with E-state index in [0.717, 1.165) is 16.2 Å². The molecule has 0 saturated carbocycles. The average Bonchev–Trinajstić information content (AvgIpc) is 2.80. The number of rotatable bonds is 9. The van der Waals surface area contributed by atoms with Gasteiger partial charge in [0.15, 0.2) is 0 Å². The highest BCUT2D eigenvalue weighted by molar-refractivity contribution is 7.98. The second-order valence-electron chi connectivity index (χ2n) is 7.11. The number of anilines is 1. The Kier molecular flexibility index (Phi) is 8.34. The van der Waals surface area contributed by atoms with E-state index in [1.54, 1.807) is 49.0 Å². The van der Waals surface area contributed by atoms with Gasteiger partial charge in [-0.2, -0.15) is 0 Å². The molecular weight excluding hydrogens is 422 g/mol. The molecule has 3 aromatic carbocycles. The van der Waals surface area contributed by atoms with Gasteiger partial charge in [0.25, 0.3) is 5.91 Å². The summed E-state index contributed by atoms with van der Waals surface area (Å²) in [5.74, 6) is 0.863. The van der Waals surface area contributed by atoms with Gasteiger partial charge in [0.05, 0.1) is 18.8 Å². The molecule has 166 valence electrons. The Morgan fingerprint density at radius 1 is 0.875 bits per heavy atom. The van der Waals surface area contributed by atoms with E-state index in [0.29, 0.717) is 35.8 Å². The van der Waals surface area contributed by atoms with E-state index in [4.69, 9.17) is 9.47 Å². The summed E-state index contributed by atoms with van der Waals surface area (Å²) in [7, 11) is 0. The standard InChI is InChI=1S/C26H27NO4S/c1-4-30-24-15-10-20(16-21(24)17-32-23-13-6-18(3)7-14-23)25(28)27-22-11-8-19(9-12-22)26(29)31-5-2/h6-16H,4-5,17H2,1-3H3,(H,27,28). The van der Waals surface area contributed by atoms with Crippen molar-refractivity contribution in [1.82, 2.24) is 0 Å². The summed E-state index contributed by atoms with van der Waals surface area (Å²) >= 11 is 1.70. The number of carbonyl (C=O) groups is 2. The maximum Gasteiger partial charge on any atom is 0.338 e. The summed E-state index contributed by atoms with van der Waals surface area (Å²) < 4.78 is 10.7. The molecule has 32 heavy (non-hydrogen) atoms. The fourth-order valence-corrected chi connectivity index (χ4v) is 3.91. The van der Waals surface area contributed by atoms with Gasteiger partial charge < -0.3 is 14.8 Å². The van der Waals surface area contributed by atoms with Crippen LogP contribution in [0.3, 0.4) is 0 Å². The second kappa shape index (κ2) is 11.4. The molecule has 0 saturated heterocycles. The zero-order valence-corrected chi connectivity index (χ0v) is 19.3. The van der Waals surface area contributed by atoms with Crippen LogP contribution in [0.1, 0.15) is 45.7 Å². The van der Waals surface area contributed by atoms with Gasteiger partial charge in [-0.05, 0) is 75.4 Å². The van der Waals surface area contributed by atoms with Crippen molar-refractivity contribution in [3.8, 4) is 5.75 Å². The number of carbonyl (C=O) groups excluding carboxylic acids is 2. The van der Waals surface area contributed by atoms with Crippen molar-refractivity contribution < 1.29 is 19.1 Å².